The second-order valence-corrected chi connectivity index (χ2v) is 10.7. The number of nitrogens with zero attached hydrogens (tertiary/aromatic N) is 3. The summed E-state index contributed by atoms with van der Waals surface area (Å²) in [5.41, 5.74) is 2.41. The minimum atomic E-state index is -0.327. The highest BCUT2D eigenvalue weighted by Crippen LogP contribution is 2.34. The van der Waals surface area contributed by atoms with Gasteiger partial charge in [-0.3, -0.25) is 4.79 Å². The Hall–Kier alpha value is -4.11. The van der Waals surface area contributed by atoms with Crippen molar-refractivity contribution in [3.8, 4) is 23.1 Å². The summed E-state index contributed by atoms with van der Waals surface area (Å²) in [6.07, 6.45) is 1.55. The summed E-state index contributed by atoms with van der Waals surface area (Å²) in [5, 5.41) is 6.81. The van der Waals surface area contributed by atoms with Gasteiger partial charge in [-0.1, -0.05) is 59.6 Å². The molecular weight excluding hydrogens is 629 g/mol. The molecule has 0 N–H and O–H groups in total. The van der Waals surface area contributed by atoms with E-state index >= 15 is 0 Å². The van der Waals surface area contributed by atoms with E-state index in [4.69, 9.17) is 42.1 Å². The van der Waals surface area contributed by atoms with Crippen molar-refractivity contribution in [3.05, 3.63) is 121 Å². The summed E-state index contributed by atoms with van der Waals surface area (Å²) in [6.45, 7) is 0.256. The Morgan fingerprint density at radius 1 is 0.976 bits per heavy atom. The van der Waals surface area contributed by atoms with E-state index in [0.717, 1.165) is 10.9 Å². The van der Waals surface area contributed by atoms with Crippen LogP contribution in [0.4, 0.5) is 0 Å². The molecule has 204 valence electrons. The predicted molar refractivity (Wildman–Crippen MR) is 166 cm³/mol. The van der Waals surface area contributed by atoms with Crippen LogP contribution >= 0.6 is 39.1 Å². The Morgan fingerprint density at radius 2 is 1.78 bits per heavy atom. The molecule has 7 nitrogen and oxygen atoms in total. The van der Waals surface area contributed by atoms with Gasteiger partial charge in [0.25, 0.3) is 5.56 Å². The third-order valence-corrected chi connectivity index (χ3v) is 7.80. The second kappa shape index (κ2) is 11.4. The van der Waals surface area contributed by atoms with Gasteiger partial charge >= 0.3 is 0 Å². The van der Waals surface area contributed by atoms with Gasteiger partial charge in [-0.2, -0.15) is 9.78 Å². The maximum absolute atomic E-state index is 13.6. The second-order valence-electron chi connectivity index (χ2n) is 9.02. The lowest BCUT2D eigenvalue weighted by molar-refractivity contribution is 0.284. The first-order chi connectivity index (χ1) is 19.9. The first kappa shape index (κ1) is 27.1. The van der Waals surface area contributed by atoms with E-state index in [9.17, 15) is 4.79 Å². The maximum Gasteiger partial charge on any atom is 0.282 e. The Kier molecular flexibility index (Phi) is 7.53. The summed E-state index contributed by atoms with van der Waals surface area (Å²) < 4.78 is 19.6. The molecule has 0 aliphatic heterocycles. The van der Waals surface area contributed by atoms with Gasteiger partial charge < -0.3 is 13.9 Å². The first-order valence-electron chi connectivity index (χ1n) is 12.4. The Labute approximate surface area is 252 Å². The number of furan rings is 1. The highest BCUT2D eigenvalue weighted by Gasteiger charge is 2.17. The molecule has 0 spiro atoms. The smallest absolute Gasteiger partial charge is 0.282 e. The van der Waals surface area contributed by atoms with Crippen LogP contribution in [0.2, 0.25) is 10.0 Å². The van der Waals surface area contributed by atoms with E-state index in [1.807, 2.05) is 42.5 Å². The molecule has 2 heterocycles. The van der Waals surface area contributed by atoms with Gasteiger partial charge in [-0.25, -0.2) is 4.98 Å². The van der Waals surface area contributed by atoms with Crippen molar-refractivity contribution in [2.45, 2.75) is 6.61 Å². The largest absolute Gasteiger partial charge is 0.493 e. The number of para-hydroxylation sites is 2. The zero-order valence-electron chi connectivity index (χ0n) is 21.5. The SMILES string of the molecule is COc1cc(C=Nn2c(-c3cc4ccccc4o3)nc3ccccc3c2=O)c(Br)cc1OCc1ccc(Cl)c(Cl)c1. The lowest BCUT2D eigenvalue weighted by Crippen LogP contribution is -2.20. The van der Waals surface area contributed by atoms with Crippen molar-refractivity contribution >= 4 is 67.2 Å². The van der Waals surface area contributed by atoms with Gasteiger partial charge in [0, 0.05) is 15.4 Å². The fourth-order valence-corrected chi connectivity index (χ4v) is 5.06. The molecular formula is C31H20BrCl2N3O4. The molecule has 0 saturated carbocycles. The zero-order chi connectivity index (χ0) is 28.5. The quantitative estimate of drug-likeness (QED) is 0.163. The van der Waals surface area contributed by atoms with Crippen LogP contribution in [0.1, 0.15) is 11.1 Å². The standard InChI is InChI=1S/C31H20BrCl2N3O4/c1-39-27-14-20(22(32)15-28(27)40-17-18-10-11-23(33)24(34)12-18)16-35-37-30(29-13-19-6-2-5-9-26(19)41-29)36-25-8-4-3-7-21(25)31(37)38/h2-16H,17H2,1H3. The van der Waals surface area contributed by atoms with Crippen molar-refractivity contribution in [3.63, 3.8) is 0 Å². The first-order valence-corrected chi connectivity index (χ1v) is 14.0. The fraction of sp³-hybridized carbons (Fsp3) is 0.0645. The predicted octanol–water partition coefficient (Wildman–Crippen LogP) is 8.35. The van der Waals surface area contributed by atoms with Gasteiger partial charge in [0.2, 0.25) is 5.82 Å². The highest BCUT2D eigenvalue weighted by molar-refractivity contribution is 9.10. The number of methoxy groups -OCH3 is 1. The average Bonchev–Trinajstić information content (AvgIpc) is 3.42. The van der Waals surface area contributed by atoms with Crippen LogP contribution < -0.4 is 15.0 Å². The van der Waals surface area contributed by atoms with Crippen LogP contribution in [-0.4, -0.2) is 23.0 Å². The molecule has 0 aliphatic carbocycles. The van der Waals surface area contributed by atoms with Gasteiger partial charge in [0.05, 0.1) is 34.3 Å². The molecule has 6 aromatic rings. The van der Waals surface area contributed by atoms with E-state index in [2.05, 4.69) is 21.0 Å². The van der Waals surface area contributed by atoms with Gasteiger partial charge in [-0.15, -0.1) is 0 Å². The number of ether oxygens (including phenoxy) is 2. The Bertz CT molecular complexity index is 1990. The number of rotatable bonds is 7. The van der Waals surface area contributed by atoms with Gasteiger partial charge in [0.1, 0.15) is 12.2 Å². The summed E-state index contributed by atoms with van der Waals surface area (Å²) in [5.74, 6) is 1.70. The minimum absolute atomic E-state index is 0.256. The average molecular weight is 649 g/mol. The molecule has 6 rings (SSSR count). The summed E-state index contributed by atoms with van der Waals surface area (Å²) in [7, 11) is 1.55. The van der Waals surface area contributed by atoms with Crippen molar-refractivity contribution in [1.29, 1.82) is 0 Å². The van der Waals surface area contributed by atoms with Crippen molar-refractivity contribution in [2.24, 2.45) is 5.10 Å². The molecule has 0 saturated heterocycles. The number of halogens is 3. The van der Waals surface area contributed by atoms with Crippen LogP contribution in [-0.2, 0) is 6.61 Å². The topological polar surface area (TPSA) is 78.9 Å². The van der Waals surface area contributed by atoms with Gasteiger partial charge in [0.15, 0.2) is 17.3 Å². The molecule has 0 bridgehead atoms. The number of hydrogen-bond donors (Lipinski definition) is 0. The van der Waals surface area contributed by atoms with Crippen LogP contribution in [0.5, 0.6) is 11.5 Å². The lowest BCUT2D eigenvalue weighted by Gasteiger charge is -2.13. The molecule has 10 heteroatoms. The third kappa shape index (κ3) is 5.46. The van der Waals surface area contributed by atoms with E-state index in [0.29, 0.717) is 53.8 Å². The maximum atomic E-state index is 13.6. The van der Waals surface area contributed by atoms with E-state index in [1.54, 1.807) is 55.8 Å². The zero-order valence-corrected chi connectivity index (χ0v) is 24.6. The Balaban J connectivity index is 1.38. The van der Waals surface area contributed by atoms with Crippen LogP contribution in [0.3, 0.4) is 0 Å². The molecule has 0 aliphatic rings. The van der Waals surface area contributed by atoms with Crippen molar-refractivity contribution in [1.82, 2.24) is 9.66 Å². The molecule has 0 fully saturated rings. The minimum Gasteiger partial charge on any atom is -0.493 e. The van der Waals surface area contributed by atoms with Gasteiger partial charge in [-0.05, 0) is 70.0 Å². The normalized spacial score (nSPS) is 11.5. The highest BCUT2D eigenvalue weighted by atomic mass is 79.9. The van der Waals surface area contributed by atoms with E-state index in [-0.39, 0.29) is 18.0 Å². The molecule has 41 heavy (non-hydrogen) atoms. The van der Waals surface area contributed by atoms with Crippen LogP contribution in [0.25, 0.3) is 33.5 Å². The molecule has 4 aromatic carbocycles. The Morgan fingerprint density at radius 3 is 2.59 bits per heavy atom. The molecule has 2 aromatic heterocycles. The molecule has 0 unspecified atom stereocenters. The van der Waals surface area contributed by atoms with Crippen LogP contribution in [0, 0.1) is 0 Å². The number of aromatic nitrogens is 2. The summed E-state index contributed by atoms with van der Waals surface area (Å²) in [4.78, 5) is 18.3. The summed E-state index contributed by atoms with van der Waals surface area (Å²) >= 11 is 15.7. The van der Waals surface area contributed by atoms with Crippen molar-refractivity contribution in [2.75, 3.05) is 7.11 Å². The number of fused-ring (bicyclic) bond motifs is 2. The lowest BCUT2D eigenvalue weighted by atomic mass is 10.2. The van der Waals surface area contributed by atoms with E-state index < -0.39 is 0 Å². The molecule has 0 amide bonds. The fourth-order valence-electron chi connectivity index (χ4n) is 4.31. The van der Waals surface area contributed by atoms with Crippen molar-refractivity contribution < 1.29 is 13.9 Å². The number of hydrogen-bond acceptors (Lipinski definition) is 6. The van der Waals surface area contributed by atoms with E-state index in [1.165, 1.54) is 4.68 Å². The third-order valence-electron chi connectivity index (χ3n) is 6.37. The molecule has 0 atom stereocenters. The summed E-state index contributed by atoms with van der Waals surface area (Å²) in [6, 6.07) is 25.4. The monoisotopic (exact) mass is 647 g/mol. The molecule has 0 radical (unpaired) electrons. The van der Waals surface area contributed by atoms with Crippen LogP contribution in [0.15, 0.2) is 104 Å². The number of benzene rings is 4.